The first-order valence-electron chi connectivity index (χ1n) is 7.53. The second-order valence-corrected chi connectivity index (χ2v) is 5.57. The summed E-state index contributed by atoms with van der Waals surface area (Å²) in [6.07, 6.45) is 17.3. The summed E-state index contributed by atoms with van der Waals surface area (Å²) in [5.41, 5.74) is 1.37. The maximum atomic E-state index is 2.46. The van der Waals surface area contributed by atoms with Gasteiger partial charge in [-0.1, -0.05) is 6.08 Å². The molecule has 0 atom stereocenters. The van der Waals surface area contributed by atoms with Crippen LogP contribution in [-0.4, -0.2) is 41.9 Å². The van der Waals surface area contributed by atoms with E-state index in [9.17, 15) is 0 Å². The molecule has 2 aliphatic rings. The van der Waals surface area contributed by atoms with E-state index in [1.54, 1.807) is 0 Å². The zero-order chi connectivity index (χ0) is 12.6. The number of hydrogen-bond acceptors (Lipinski definition) is 1. The van der Waals surface area contributed by atoms with Crippen LogP contribution in [0.3, 0.4) is 0 Å². The predicted octanol–water partition coefficient (Wildman–Crippen LogP) is 3.20. The molecule has 2 heteroatoms. The minimum Gasteiger partial charge on any atom is -0.377 e. The van der Waals surface area contributed by atoms with Crippen molar-refractivity contribution in [3.8, 4) is 0 Å². The van der Waals surface area contributed by atoms with E-state index in [0.717, 1.165) is 0 Å². The molecular formula is C16H27N2+. The fraction of sp³-hybridized carbons (Fsp3) is 0.688. The van der Waals surface area contributed by atoms with Crippen LogP contribution in [0, 0.1) is 0 Å². The third-order valence-corrected chi connectivity index (χ3v) is 3.82. The topological polar surface area (TPSA) is 6.25 Å². The van der Waals surface area contributed by atoms with Crippen LogP contribution in [0.2, 0.25) is 0 Å². The van der Waals surface area contributed by atoms with Crippen molar-refractivity contribution >= 4 is 6.21 Å². The van der Waals surface area contributed by atoms with Crippen molar-refractivity contribution < 1.29 is 4.58 Å². The molecule has 0 aromatic carbocycles. The fourth-order valence-corrected chi connectivity index (χ4v) is 2.76. The second-order valence-electron chi connectivity index (χ2n) is 5.57. The van der Waals surface area contributed by atoms with Gasteiger partial charge in [-0.2, -0.15) is 0 Å². The Bertz CT molecular complexity index is 325. The van der Waals surface area contributed by atoms with E-state index in [2.05, 4.69) is 41.0 Å². The van der Waals surface area contributed by atoms with Gasteiger partial charge in [-0.25, -0.2) is 4.58 Å². The molecule has 2 rings (SSSR count). The van der Waals surface area contributed by atoms with Gasteiger partial charge in [0.05, 0.1) is 0 Å². The molecule has 18 heavy (non-hydrogen) atoms. The zero-order valence-corrected chi connectivity index (χ0v) is 11.8. The Balaban J connectivity index is 1.81. The summed E-state index contributed by atoms with van der Waals surface area (Å²) in [7, 11) is 0. The third-order valence-electron chi connectivity index (χ3n) is 3.82. The first-order valence-corrected chi connectivity index (χ1v) is 7.53. The highest BCUT2D eigenvalue weighted by Crippen LogP contribution is 2.09. The lowest BCUT2D eigenvalue weighted by Crippen LogP contribution is -2.24. The molecular weight excluding hydrogens is 220 g/mol. The molecule has 0 unspecified atom stereocenters. The molecule has 0 aromatic heterocycles. The molecule has 0 aromatic rings. The van der Waals surface area contributed by atoms with Crippen molar-refractivity contribution in [2.75, 3.05) is 26.2 Å². The van der Waals surface area contributed by atoms with Crippen LogP contribution in [0.5, 0.6) is 0 Å². The van der Waals surface area contributed by atoms with E-state index in [4.69, 9.17) is 0 Å². The lowest BCUT2D eigenvalue weighted by molar-refractivity contribution is -0.532. The van der Waals surface area contributed by atoms with Crippen LogP contribution in [0.25, 0.3) is 0 Å². The standard InChI is InChI=1S/C16H27N2/c1-16(15-18-12-6-3-7-13-18)9-8-14-17-10-4-2-5-11-17/h8-9,14-15H,2-7,10-13H2,1H3/q+1. The van der Waals surface area contributed by atoms with Crippen molar-refractivity contribution in [1.29, 1.82) is 0 Å². The number of hydrogen-bond donors (Lipinski definition) is 0. The van der Waals surface area contributed by atoms with Crippen molar-refractivity contribution in [1.82, 2.24) is 4.90 Å². The van der Waals surface area contributed by atoms with Gasteiger partial charge in [0.2, 0.25) is 0 Å². The van der Waals surface area contributed by atoms with Gasteiger partial charge in [0.25, 0.3) is 0 Å². The summed E-state index contributed by atoms with van der Waals surface area (Å²) in [5.74, 6) is 0. The maximum absolute atomic E-state index is 2.46. The summed E-state index contributed by atoms with van der Waals surface area (Å²) >= 11 is 0. The van der Waals surface area contributed by atoms with Crippen LogP contribution in [0.4, 0.5) is 0 Å². The van der Waals surface area contributed by atoms with Crippen LogP contribution in [-0.2, 0) is 0 Å². The highest BCUT2D eigenvalue weighted by molar-refractivity contribution is 5.73. The van der Waals surface area contributed by atoms with E-state index >= 15 is 0 Å². The Hall–Kier alpha value is -1.05. The van der Waals surface area contributed by atoms with Crippen molar-refractivity contribution in [2.45, 2.75) is 45.4 Å². The normalized spacial score (nSPS) is 22.6. The molecule has 0 N–H and O–H groups in total. The summed E-state index contributed by atoms with van der Waals surface area (Å²) in [5, 5.41) is 0. The second kappa shape index (κ2) is 7.40. The molecule has 0 amide bonds. The molecule has 0 radical (unpaired) electrons. The molecule has 2 saturated heterocycles. The number of piperidine rings is 2. The van der Waals surface area contributed by atoms with Gasteiger partial charge in [-0.15, -0.1) is 0 Å². The first-order chi connectivity index (χ1) is 8.84. The molecule has 2 heterocycles. The monoisotopic (exact) mass is 247 g/mol. The van der Waals surface area contributed by atoms with E-state index in [0.29, 0.717) is 0 Å². The Morgan fingerprint density at radius 1 is 0.944 bits per heavy atom. The quantitative estimate of drug-likeness (QED) is 0.548. The Labute approximate surface area is 112 Å². The molecule has 0 spiro atoms. The van der Waals surface area contributed by atoms with Crippen molar-refractivity contribution in [2.24, 2.45) is 0 Å². The van der Waals surface area contributed by atoms with Gasteiger partial charge in [-0.05, 0) is 44.9 Å². The first kappa shape index (κ1) is 13.4. The number of allylic oxidation sites excluding steroid dienone is 3. The lowest BCUT2D eigenvalue weighted by atomic mass is 10.1. The van der Waals surface area contributed by atoms with Gasteiger partial charge < -0.3 is 4.90 Å². The van der Waals surface area contributed by atoms with Gasteiger partial charge in [0, 0.05) is 31.5 Å². The highest BCUT2D eigenvalue weighted by Gasteiger charge is 2.09. The SMILES string of the molecule is CC(=CC=CN1CCCCC1)C=[N+]1CCCCC1. The zero-order valence-electron chi connectivity index (χ0n) is 11.8. The molecule has 0 saturated carbocycles. The summed E-state index contributed by atoms with van der Waals surface area (Å²) in [6, 6.07) is 0. The lowest BCUT2D eigenvalue weighted by Gasteiger charge is -2.24. The van der Waals surface area contributed by atoms with E-state index in [1.165, 1.54) is 70.3 Å². The van der Waals surface area contributed by atoms with Gasteiger partial charge in [0.15, 0.2) is 6.21 Å². The summed E-state index contributed by atoms with van der Waals surface area (Å²) < 4.78 is 2.46. The van der Waals surface area contributed by atoms with Crippen molar-refractivity contribution in [3.63, 3.8) is 0 Å². The molecule has 0 bridgehead atoms. The minimum atomic E-state index is 1.24. The van der Waals surface area contributed by atoms with E-state index in [1.807, 2.05) is 0 Å². The minimum absolute atomic E-state index is 1.24. The highest BCUT2D eigenvalue weighted by atomic mass is 15.1. The van der Waals surface area contributed by atoms with Crippen LogP contribution < -0.4 is 0 Å². The number of nitrogens with zero attached hydrogens (tertiary/aromatic N) is 2. The Kier molecular flexibility index (Phi) is 5.50. The van der Waals surface area contributed by atoms with Crippen LogP contribution in [0.1, 0.15) is 45.4 Å². The third kappa shape index (κ3) is 4.67. The summed E-state index contributed by atoms with van der Waals surface area (Å²) in [6.45, 7) is 7.15. The molecule has 2 aliphatic heterocycles. The van der Waals surface area contributed by atoms with Crippen LogP contribution in [0.15, 0.2) is 23.9 Å². The van der Waals surface area contributed by atoms with Crippen molar-refractivity contribution in [3.05, 3.63) is 23.9 Å². The Morgan fingerprint density at radius 2 is 1.61 bits per heavy atom. The molecule has 100 valence electrons. The maximum Gasteiger partial charge on any atom is 0.166 e. The summed E-state index contributed by atoms with van der Waals surface area (Å²) in [4.78, 5) is 2.44. The van der Waals surface area contributed by atoms with Gasteiger partial charge in [0.1, 0.15) is 13.1 Å². The number of rotatable bonds is 3. The smallest absolute Gasteiger partial charge is 0.166 e. The predicted molar refractivity (Wildman–Crippen MR) is 78.2 cm³/mol. The average Bonchev–Trinajstić information content (AvgIpc) is 2.41. The van der Waals surface area contributed by atoms with E-state index in [-0.39, 0.29) is 0 Å². The average molecular weight is 247 g/mol. The van der Waals surface area contributed by atoms with Gasteiger partial charge >= 0.3 is 0 Å². The number of likely N-dealkylation sites (tertiary alicyclic amines) is 1. The van der Waals surface area contributed by atoms with E-state index < -0.39 is 0 Å². The molecule has 2 nitrogen and oxygen atoms in total. The Morgan fingerprint density at radius 3 is 2.33 bits per heavy atom. The van der Waals surface area contributed by atoms with Gasteiger partial charge in [-0.3, -0.25) is 0 Å². The molecule has 2 fully saturated rings. The largest absolute Gasteiger partial charge is 0.377 e. The molecule has 0 aliphatic carbocycles. The van der Waals surface area contributed by atoms with Crippen LogP contribution >= 0.6 is 0 Å². The fourth-order valence-electron chi connectivity index (χ4n) is 2.76.